The third-order valence-corrected chi connectivity index (χ3v) is 15.2. The van der Waals surface area contributed by atoms with Crippen molar-refractivity contribution < 1.29 is 42.1 Å². The Bertz CT molecular complexity index is 1750. The van der Waals surface area contributed by atoms with Gasteiger partial charge in [-0.25, -0.2) is 0 Å². The largest absolute Gasteiger partial charge is 0.756 e. The maximum Gasteiger partial charge on any atom is 0.306 e. The molecule has 0 aromatic rings. The van der Waals surface area contributed by atoms with E-state index < -0.39 is 26.5 Å². The number of nitrogens with zero attached hydrogens (tertiary/aromatic N) is 1. The molecular weight excluding hydrogens is 1040 g/mol. The number of phosphoric ester groups is 1. The Hall–Kier alpha value is -3.33. The summed E-state index contributed by atoms with van der Waals surface area (Å²) in [6, 6.07) is 0. The molecule has 472 valence electrons. The number of carbonyl (C=O) groups is 2. The highest BCUT2D eigenvalue weighted by molar-refractivity contribution is 7.45. The van der Waals surface area contributed by atoms with Crippen LogP contribution in [0.25, 0.3) is 0 Å². The van der Waals surface area contributed by atoms with Crippen molar-refractivity contribution in [2.75, 3.05) is 47.5 Å². The van der Waals surface area contributed by atoms with Gasteiger partial charge in [-0.15, -0.1) is 0 Å². The van der Waals surface area contributed by atoms with Gasteiger partial charge in [0.25, 0.3) is 7.82 Å². The number of unbranched alkanes of at least 4 members (excludes halogenated alkanes) is 29. The van der Waals surface area contributed by atoms with Crippen molar-refractivity contribution in [3.63, 3.8) is 0 Å². The first-order valence-corrected chi connectivity index (χ1v) is 35.1. The van der Waals surface area contributed by atoms with Gasteiger partial charge in [0.15, 0.2) is 6.10 Å². The van der Waals surface area contributed by atoms with Crippen LogP contribution in [0.3, 0.4) is 0 Å². The Balaban J connectivity index is 4.11. The smallest absolute Gasteiger partial charge is 0.306 e. The van der Waals surface area contributed by atoms with Crippen molar-refractivity contribution in [1.29, 1.82) is 0 Å². The summed E-state index contributed by atoms with van der Waals surface area (Å²) in [5.41, 5.74) is 0. The lowest BCUT2D eigenvalue weighted by Gasteiger charge is -2.28. The van der Waals surface area contributed by atoms with E-state index in [0.29, 0.717) is 17.4 Å². The fourth-order valence-corrected chi connectivity index (χ4v) is 9.87. The van der Waals surface area contributed by atoms with Crippen LogP contribution in [0.4, 0.5) is 0 Å². The summed E-state index contributed by atoms with van der Waals surface area (Å²) in [5.74, 6) is -0.836. The normalized spacial score (nSPS) is 13.9. The van der Waals surface area contributed by atoms with Crippen LogP contribution in [-0.2, 0) is 32.7 Å². The van der Waals surface area contributed by atoms with E-state index in [0.717, 1.165) is 89.9 Å². The molecule has 0 heterocycles. The molecule has 0 aliphatic rings. The highest BCUT2D eigenvalue weighted by Gasteiger charge is 2.22. The van der Waals surface area contributed by atoms with Crippen LogP contribution in [-0.4, -0.2) is 70.0 Å². The number of hydrogen-bond donors (Lipinski definition) is 0. The minimum Gasteiger partial charge on any atom is -0.756 e. The number of esters is 2. The number of rotatable bonds is 61. The monoisotopic (exact) mass is 1160 g/mol. The van der Waals surface area contributed by atoms with Crippen molar-refractivity contribution in [2.24, 2.45) is 0 Å². The standard InChI is InChI=1S/C72H126NO8P/c1-6-8-10-12-14-16-18-20-22-24-26-28-30-32-34-35-36-37-39-41-43-45-47-49-51-53-55-57-59-61-63-65-72(75)81-70(69-80-82(76,77)79-67-66-73(3,4)5)68-78-71(74)64-62-60-58-56-54-52-50-48-46-44-42-40-38-33-31-29-27-25-23-21-19-17-15-13-11-9-7-2/h8,10,14,16,19-22,25-28,31-34,36-37,70H,6-7,9,11-13,15,17-18,23-24,29-30,35,38-69H2,1-5H3/b10-8-,16-14-,21-19-,22-20-,27-25-,28-26-,33-31-,34-32-,37-36-. The second-order valence-electron chi connectivity index (χ2n) is 23.5. The molecule has 0 aromatic heterocycles. The Morgan fingerprint density at radius 3 is 1.04 bits per heavy atom. The van der Waals surface area contributed by atoms with Gasteiger partial charge >= 0.3 is 11.9 Å². The molecule has 9 nitrogen and oxygen atoms in total. The molecule has 0 saturated heterocycles. The third kappa shape index (κ3) is 65.8. The third-order valence-electron chi connectivity index (χ3n) is 14.3. The number of allylic oxidation sites excluding steroid dienone is 18. The van der Waals surface area contributed by atoms with E-state index >= 15 is 0 Å². The molecule has 0 bridgehead atoms. The van der Waals surface area contributed by atoms with Gasteiger partial charge in [0.05, 0.1) is 27.7 Å². The average molecular weight is 1160 g/mol. The molecule has 2 atom stereocenters. The number of ether oxygens (including phenoxy) is 2. The lowest BCUT2D eigenvalue weighted by molar-refractivity contribution is -0.870. The Morgan fingerprint density at radius 1 is 0.390 bits per heavy atom. The lowest BCUT2D eigenvalue weighted by Crippen LogP contribution is -2.37. The van der Waals surface area contributed by atoms with Gasteiger partial charge < -0.3 is 27.9 Å². The molecule has 0 spiro atoms. The highest BCUT2D eigenvalue weighted by Crippen LogP contribution is 2.38. The lowest BCUT2D eigenvalue weighted by atomic mass is 10.0. The van der Waals surface area contributed by atoms with Gasteiger partial charge in [-0.2, -0.15) is 0 Å². The first kappa shape index (κ1) is 78.7. The maximum atomic E-state index is 12.9. The summed E-state index contributed by atoms with van der Waals surface area (Å²) in [4.78, 5) is 38.0. The van der Waals surface area contributed by atoms with Gasteiger partial charge in [0, 0.05) is 12.8 Å². The topological polar surface area (TPSA) is 111 Å². The van der Waals surface area contributed by atoms with Crippen molar-refractivity contribution in [2.45, 2.75) is 290 Å². The van der Waals surface area contributed by atoms with Gasteiger partial charge in [0.2, 0.25) is 0 Å². The number of phosphoric acid groups is 1. The van der Waals surface area contributed by atoms with Crippen molar-refractivity contribution >= 4 is 19.8 Å². The van der Waals surface area contributed by atoms with Crippen LogP contribution in [0.15, 0.2) is 109 Å². The van der Waals surface area contributed by atoms with E-state index in [4.69, 9.17) is 18.5 Å². The number of carbonyl (C=O) groups excluding carboxylic acids is 2. The zero-order chi connectivity index (χ0) is 59.8. The van der Waals surface area contributed by atoms with Gasteiger partial charge in [0.1, 0.15) is 19.8 Å². The number of quaternary nitrogens is 1. The molecular formula is C72H126NO8P. The van der Waals surface area contributed by atoms with Crippen LogP contribution in [0.2, 0.25) is 0 Å². The minimum atomic E-state index is -4.65. The SMILES string of the molecule is CC/C=C\C/C=C\C/C=C\C/C=C\C/C=C\C/C=C\CCCCCCCCCCCCCCC(=O)OC(COC(=O)CCCCCCCCCCCCCC/C=C\C/C=C\C/C=C\CCCCCCC)COP(=O)([O-])OCC[N+](C)(C)C. The molecule has 0 fully saturated rings. The van der Waals surface area contributed by atoms with Crippen LogP contribution >= 0.6 is 7.82 Å². The van der Waals surface area contributed by atoms with Crippen LogP contribution < -0.4 is 4.89 Å². The summed E-state index contributed by atoms with van der Waals surface area (Å²) in [5, 5.41) is 0. The fraction of sp³-hybridized carbons (Fsp3) is 0.722. The minimum absolute atomic E-state index is 0.0356. The summed E-state index contributed by atoms with van der Waals surface area (Å²) in [6.45, 7) is 4.13. The molecule has 0 aliphatic heterocycles. The van der Waals surface area contributed by atoms with Crippen molar-refractivity contribution in [3.8, 4) is 0 Å². The summed E-state index contributed by atoms with van der Waals surface area (Å²) in [7, 11) is 1.16. The summed E-state index contributed by atoms with van der Waals surface area (Å²) < 4.78 is 34.3. The highest BCUT2D eigenvalue weighted by atomic mass is 31.2. The Kier molecular flexibility index (Phi) is 59.7. The molecule has 0 aliphatic carbocycles. The van der Waals surface area contributed by atoms with E-state index in [1.165, 1.54) is 161 Å². The number of hydrogen-bond acceptors (Lipinski definition) is 8. The molecule has 0 amide bonds. The molecule has 0 rings (SSSR count). The van der Waals surface area contributed by atoms with Gasteiger partial charge in [-0.1, -0.05) is 277 Å². The second-order valence-corrected chi connectivity index (χ2v) is 24.9. The Morgan fingerprint density at radius 2 is 0.695 bits per heavy atom. The molecule has 0 N–H and O–H groups in total. The van der Waals surface area contributed by atoms with Crippen LogP contribution in [0, 0.1) is 0 Å². The maximum absolute atomic E-state index is 12.9. The van der Waals surface area contributed by atoms with Gasteiger partial charge in [-0.3, -0.25) is 14.2 Å². The Labute approximate surface area is 506 Å². The van der Waals surface area contributed by atoms with E-state index in [9.17, 15) is 19.0 Å². The van der Waals surface area contributed by atoms with E-state index in [1.807, 2.05) is 21.1 Å². The van der Waals surface area contributed by atoms with Crippen molar-refractivity contribution in [1.82, 2.24) is 0 Å². The van der Waals surface area contributed by atoms with E-state index in [1.54, 1.807) is 0 Å². The van der Waals surface area contributed by atoms with Crippen LogP contribution in [0.5, 0.6) is 0 Å². The predicted molar refractivity (Wildman–Crippen MR) is 351 cm³/mol. The molecule has 0 saturated carbocycles. The van der Waals surface area contributed by atoms with Crippen molar-refractivity contribution in [3.05, 3.63) is 109 Å². The van der Waals surface area contributed by atoms with E-state index in [2.05, 4.69) is 123 Å². The second kappa shape index (κ2) is 62.2. The van der Waals surface area contributed by atoms with Gasteiger partial charge in [-0.05, 0) is 103 Å². The zero-order valence-corrected chi connectivity index (χ0v) is 54.6. The number of likely N-dealkylation sites (N-methyl/N-ethyl adjacent to an activating group) is 1. The quantitative estimate of drug-likeness (QED) is 0.0195. The molecule has 0 radical (unpaired) electrons. The molecule has 0 aromatic carbocycles. The first-order chi connectivity index (χ1) is 40.0. The summed E-state index contributed by atoms with van der Waals surface area (Å²) in [6.07, 6.45) is 87.2. The van der Waals surface area contributed by atoms with E-state index in [-0.39, 0.29) is 32.0 Å². The molecule has 2 unspecified atom stereocenters. The first-order valence-electron chi connectivity index (χ1n) is 33.6. The fourth-order valence-electron chi connectivity index (χ4n) is 9.14. The molecule has 10 heteroatoms. The van der Waals surface area contributed by atoms with Crippen LogP contribution in [0.1, 0.15) is 284 Å². The molecule has 82 heavy (non-hydrogen) atoms. The predicted octanol–water partition coefficient (Wildman–Crippen LogP) is 21.1. The zero-order valence-electron chi connectivity index (χ0n) is 53.7. The summed E-state index contributed by atoms with van der Waals surface area (Å²) >= 11 is 0. The average Bonchev–Trinajstić information content (AvgIpc) is 3.46.